The SMILES string of the molecule is COS(=O)(=O)c1ccc2c(c1)CCN2. The van der Waals surface area contributed by atoms with Crippen molar-refractivity contribution in [1.82, 2.24) is 0 Å². The highest BCUT2D eigenvalue weighted by atomic mass is 32.2. The van der Waals surface area contributed by atoms with E-state index in [1.165, 1.54) is 7.11 Å². The Labute approximate surface area is 83.0 Å². The molecule has 0 amide bonds. The second-order valence-corrected chi connectivity index (χ2v) is 4.83. The Bertz CT molecular complexity index is 453. The van der Waals surface area contributed by atoms with Gasteiger partial charge in [-0.1, -0.05) is 0 Å². The van der Waals surface area contributed by atoms with Gasteiger partial charge in [-0.3, -0.25) is 4.18 Å². The third kappa shape index (κ3) is 1.49. The third-order valence-corrected chi connectivity index (χ3v) is 3.56. The van der Waals surface area contributed by atoms with Crippen LogP contribution >= 0.6 is 0 Å². The van der Waals surface area contributed by atoms with E-state index in [9.17, 15) is 8.42 Å². The molecule has 1 aliphatic rings. The van der Waals surface area contributed by atoms with Crippen molar-refractivity contribution < 1.29 is 12.6 Å². The highest BCUT2D eigenvalue weighted by Crippen LogP contribution is 2.25. The maximum absolute atomic E-state index is 11.4. The summed E-state index contributed by atoms with van der Waals surface area (Å²) >= 11 is 0. The Morgan fingerprint density at radius 3 is 2.93 bits per heavy atom. The van der Waals surface area contributed by atoms with Crippen LogP contribution in [-0.4, -0.2) is 22.1 Å². The lowest BCUT2D eigenvalue weighted by atomic mass is 10.2. The Balaban J connectivity index is 2.48. The normalized spacial score (nSPS) is 14.9. The van der Waals surface area contributed by atoms with Crippen LogP contribution in [0.2, 0.25) is 0 Å². The molecule has 1 aliphatic heterocycles. The number of hydrogen-bond acceptors (Lipinski definition) is 4. The Morgan fingerprint density at radius 2 is 2.21 bits per heavy atom. The third-order valence-electron chi connectivity index (χ3n) is 2.29. The monoisotopic (exact) mass is 213 g/mol. The first kappa shape index (κ1) is 9.48. The van der Waals surface area contributed by atoms with Gasteiger partial charge in [-0.05, 0) is 30.2 Å². The molecule has 14 heavy (non-hydrogen) atoms. The van der Waals surface area contributed by atoms with Crippen LogP contribution in [0.5, 0.6) is 0 Å². The fourth-order valence-electron chi connectivity index (χ4n) is 1.53. The summed E-state index contributed by atoms with van der Waals surface area (Å²) in [7, 11) is -2.38. The van der Waals surface area contributed by atoms with Gasteiger partial charge < -0.3 is 5.32 Å². The smallest absolute Gasteiger partial charge is 0.296 e. The van der Waals surface area contributed by atoms with E-state index < -0.39 is 10.1 Å². The van der Waals surface area contributed by atoms with E-state index in [2.05, 4.69) is 9.50 Å². The van der Waals surface area contributed by atoms with E-state index in [1.54, 1.807) is 18.2 Å². The van der Waals surface area contributed by atoms with E-state index in [4.69, 9.17) is 0 Å². The molecule has 5 heteroatoms. The topological polar surface area (TPSA) is 55.4 Å². The molecule has 1 N–H and O–H groups in total. The first-order chi connectivity index (χ1) is 6.63. The fraction of sp³-hybridized carbons (Fsp3) is 0.333. The molecule has 2 rings (SSSR count). The summed E-state index contributed by atoms with van der Waals surface area (Å²) in [6, 6.07) is 4.98. The summed E-state index contributed by atoms with van der Waals surface area (Å²) in [4.78, 5) is 0.224. The molecule has 0 saturated heterocycles. The second kappa shape index (κ2) is 3.25. The lowest BCUT2D eigenvalue weighted by Crippen LogP contribution is -2.02. The predicted molar refractivity (Wildman–Crippen MR) is 52.8 cm³/mol. The van der Waals surface area contributed by atoms with Crippen LogP contribution in [0, 0.1) is 0 Å². The predicted octanol–water partition coefficient (Wildman–Crippen LogP) is 0.990. The maximum Gasteiger partial charge on any atom is 0.296 e. The average molecular weight is 213 g/mol. The number of hydrogen-bond donors (Lipinski definition) is 1. The summed E-state index contributed by atoms with van der Waals surface area (Å²) in [6.07, 6.45) is 0.863. The van der Waals surface area contributed by atoms with E-state index in [0.717, 1.165) is 24.2 Å². The van der Waals surface area contributed by atoms with Gasteiger partial charge in [-0.15, -0.1) is 0 Å². The molecule has 0 fully saturated rings. The lowest BCUT2D eigenvalue weighted by molar-refractivity contribution is 0.397. The molecule has 76 valence electrons. The number of rotatable bonds is 2. The van der Waals surface area contributed by atoms with Gasteiger partial charge in [0.2, 0.25) is 0 Å². The minimum absolute atomic E-state index is 0.224. The molecule has 0 bridgehead atoms. The molecule has 4 nitrogen and oxygen atoms in total. The van der Waals surface area contributed by atoms with Crippen molar-refractivity contribution in [1.29, 1.82) is 0 Å². The van der Waals surface area contributed by atoms with Crippen molar-refractivity contribution in [2.75, 3.05) is 19.0 Å². The molecular formula is C9H11NO3S. The molecule has 0 aliphatic carbocycles. The minimum Gasteiger partial charge on any atom is -0.384 e. The standard InChI is InChI=1S/C9H11NO3S/c1-13-14(11,12)8-2-3-9-7(6-8)4-5-10-9/h2-3,6,10H,4-5H2,1H3. The molecule has 1 aromatic rings. The van der Waals surface area contributed by atoms with Gasteiger partial charge in [-0.25, -0.2) is 0 Å². The van der Waals surface area contributed by atoms with Gasteiger partial charge in [0.15, 0.2) is 0 Å². The zero-order valence-electron chi connectivity index (χ0n) is 7.78. The van der Waals surface area contributed by atoms with Crippen LogP contribution in [0.3, 0.4) is 0 Å². The number of nitrogens with one attached hydrogen (secondary N) is 1. The first-order valence-electron chi connectivity index (χ1n) is 4.31. The summed E-state index contributed by atoms with van der Waals surface area (Å²) in [6.45, 7) is 0.867. The van der Waals surface area contributed by atoms with Crippen molar-refractivity contribution in [2.45, 2.75) is 11.3 Å². The van der Waals surface area contributed by atoms with Crippen LogP contribution in [0.1, 0.15) is 5.56 Å². The lowest BCUT2D eigenvalue weighted by Gasteiger charge is -2.03. The number of anilines is 1. The van der Waals surface area contributed by atoms with Gasteiger partial charge in [0.25, 0.3) is 10.1 Å². The first-order valence-corrected chi connectivity index (χ1v) is 5.72. The zero-order valence-corrected chi connectivity index (χ0v) is 8.60. The van der Waals surface area contributed by atoms with E-state index >= 15 is 0 Å². The molecule has 0 spiro atoms. The minimum atomic E-state index is -3.55. The highest BCUT2D eigenvalue weighted by molar-refractivity contribution is 7.86. The quantitative estimate of drug-likeness (QED) is 0.744. The molecule has 0 radical (unpaired) electrons. The molecule has 0 saturated carbocycles. The van der Waals surface area contributed by atoms with E-state index in [-0.39, 0.29) is 4.90 Å². The maximum atomic E-state index is 11.4. The molecule has 0 aromatic heterocycles. The average Bonchev–Trinajstić information content (AvgIpc) is 2.64. The van der Waals surface area contributed by atoms with Crippen molar-refractivity contribution in [3.8, 4) is 0 Å². The summed E-state index contributed by atoms with van der Waals surface area (Å²) in [5.41, 5.74) is 2.04. The second-order valence-electron chi connectivity index (χ2n) is 3.12. The molecule has 0 unspecified atom stereocenters. The van der Waals surface area contributed by atoms with Crippen molar-refractivity contribution in [3.05, 3.63) is 23.8 Å². The van der Waals surface area contributed by atoms with Crippen LogP contribution in [0.4, 0.5) is 5.69 Å². The van der Waals surface area contributed by atoms with E-state index in [0.29, 0.717) is 0 Å². The van der Waals surface area contributed by atoms with Gasteiger partial charge in [0.05, 0.1) is 12.0 Å². The van der Waals surface area contributed by atoms with Crippen LogP contribution in [0.25, 0.3) is 0 Å². The Hall–Kier alpha value is -1.07. The van der Waals surface area contributed by atoms with Gasteiger partial charge >= 0.3 is 0 Å². The Kier molecular flexibility index (Phi) is 2.20. The molecular weight excluding hydrogens is 202 g/mol. The summed E-state index contributed by atoms with van der Waals surface area (Å²) in [5.74, 6) is 0. The summed E-state index contributed by atoms with van der Waals surface area (Å²) in [5, 5.41) is 3.16. The van der Waals surface area contributed by atoms with Gasteiger partial charge in [-0.2, -0.15) is 8.42 Å². The number of benzene rings is 1. The summed E-state index contributed by atoms with van der Waals surface area (Å²) < 4.78 is 27.2. The molecule has 1 heterocycles. The zero-order chi connectivity index (χ0) is 10.2. The van der Waals surface area contributed by atoms with E-state index in [1.807, 2.05) is 0 Å². The van der Waals surface area contributed by atoms with Crippen molar-refractivity contribution in [2.24, 2.45) is 0 Å². The van der Waals surface area contributed by atoms with Crippen LogP contribution in [-0.2, 0) is 20.7 Å². The number of fused-ring (bicyclic) bond motifs is 1. The van der Waals surface area contributed by atoms with Gasteiger partial charge in [0.1, 0.15) is 0 Å². The van der Waals surface area contributed by atoms with Crippen LogP contribution < -0.4 is 5.32 Å². The molecule has 1 aromatic carbocycles. The highest BCUT2D eigenvalue weighted by Gasteiger charge is 2.17. The van der Waals surface area contributed by atoms with Crippen molar-refractivity contribution >= 4 is 15.8 Å². The Morgan fingerprint density at radius 1 is 1.43 bits per heavy atom. The fourth-order valence-corrected chi connectivity index (χ4v) is 2.25. The van der Waals surface area contributed by atoms with Gasteiger partial charge in [0, 0.05) is 12.2 Å². The molecule has 0 atom stereocenters. The largest absolute Gasteiger partial charge is 0.384 e. The van der Waals surface area contributed by atoms with Crippen molar-refractivity contribution in [3.63, 3.8) is 0 Å². The van der Waals surface area contributed by atoms with Crippen LogP contribution in [0.15, 0.2) is 23.1 Å².